The number of imidazole rings is 2. The minimum atomic E-state index is -4.74. The molecule has 2 aromatic carbocycles. The molecule has 6 aromatic rings. The van der Waals surface area contributed by atoms with Crippen LogP contribution in [0.25, 0.3) is 33.8 Å². The van der Waals surface area contributed by atoms with Gasteiger partial charge in [-0.15, -0.1) is 31.4 Å². The van der Waals surface area contributed by atoms with Crippen molar-refractivity contribution in [3.05, 3.63) is 90.3 Å². The number of rotatable bonds is 6. The molecule has 0 radical (unpaired) electrons. The molecular formula is C39H45ClF6N10O2. The van der Waals surface area contributed by atoms with Crippen molar-refractivity contribution in [2.75, 3.05) is 5.32 Å². The third-order valence-electron chi connectivity index (χ3n) is 9.36. The normalized spacial score (nSPS) is 19.6. The summed E-state index contributed by atoms with van der Waals surface area (Å²) in [5.74, 6) is 0.0969. The number of ether oxygens (including phenoxy) is 2. The second-order valence-corrected chi connectivity index (χ2v) is 14.2. The highest BCUT2D eigenvalue weighted by Crippen LogP contribution is 2.30. The molecule has 312 valence electrons. The zero-order chi connectivity index (χ0) is 40.7. The first-order chi connectivity index (χ1) is 27.1. The first-order valence-corrected chi connectivity index (χ1v) is 18.6. The van der Waals surface area contributed by atoms with E-state index in [1.807, 2.05) is 12.1 Å². The average molecular weight is 835 g/mol. The van der Waals surface area contributed by atoms with Gasteiger partial charge in [-0.3, -0.25) is 0 Å². The number of nitrogens with two attached hydrogens (primary N) is 3. The predicted molar refractivity (Wildman–Crippen MR) is 210 cm³/mol. The second kappa shape index (κ2) is 19.1. The fourth-order valence-corrected chi connectivity index (χ4v) is 6.66. The van der Waals surface area contributed by atoms with E-state index in [9.17, 15) is 26.3 Å². The van der Waals surface area contributed by atoms with E-state index in [0.717, 1.165) is 51.4 Å². The van der Waals surface area contributed by atoms with E-state index >= 15 is 0 Å². The summed E-state index contributed by atoms with van der Waals surface area (Å²) in [5, 5.41) is 12.3. The van der Waals surface area contributed by atoms with Gasteiger partial charge in [0.15, 0.2) is 11.3 Å². The maximum atomic E-state index is 12.5. The molecule has 4 aromatic heterocycles. The van der Waals surface area contributed by atoms with Crippen LogP contribution in [-0.4, -0.2) is 66.1 Å². The number of benzene rings is 2. The van der Waals surface area contributed by atoms with Gasteiger partial charge in [-0.25, -0.2) is 19.0 Å². The summed E-state index contributed by atoms with van der Waals surface area (Å²) >= 11 is 5.82. The van der Waals surface area contributed by atoms with Crippen molar-refractivity contribution in [2.45, 2.75) is 95.7 Å². The number of hydrogen-bond donors (Lipinski definition) is 4. The van der Waals surface area contributed by atoms with Gasteiger partial charge in [0.05, 0.1) is 23.8 Å². The van der Waals surface area contributed by atoms with E-state index in [0.29, 0.717) is 57.8 Å². The van der Waals surface area contributed by atoms with Crippen LogP contribution >= 0.6 is 11.6 Å². The van der Waals surface area contributed by atoms with Crippen molar-refractivity contribution in [3.63, 3.8) is 0 Å². The minimum absolute atomic E-state index is 0. The molecule has 0 amide bonds. The smallest absolute Gasteiger partial charge is 0.406 e. The summed E-state index contributed by atoms with van der Waals surface area (Å²) in [6.45, 7) is 0. The molecule has 19 heteroatoms. The number of alkyl halides is 6. The Labute approximate surface area is 335 Å². The van der Waals surface area contributed by atoms with Crippen LogP contribution in [0.4, 0.5) is 32.2 Å². The summed E-state index contributed by atoms with van der Waals surface area (Å²) in [4.78, 5) is 8.41. The second-order valence-electron chi connectivity index (χ2n) is 13.8. The van der Waals surface area contributed by atoms with Crippen LogP contribution < -0.4 is 32.0 Å². The van der Waals surface area contributed by atoms with Crippen molar-refractivity contribution in [3.8, 4) is 34.0 Å². The summed E-state index contributed by atoms with van der Waals surface area (Å²) in [6, 6.07) is 19.7. The van der Waals surface area contributed by atoms with Crippen molar-refractivity contribution in [1.29, 1.82) is 0 Å². The number of nitrogens with one attached hydrogen (secondary N) is 1. The van der Waals surface area contributed by atoms with Gasteiger partial charge in [0.25, 0.3) is 0 Å². The highest BCUT2D eigenvalue weighted by Gasteiger charge is 2.32. The molecule has 7 N–H and O–H groups in total. The van der Waals surface area contributed by atoms with E-state index in [1.165, 1.54) is 47.1 Å². The van der Waals surface area contributed by atoms with Crippen molar-refractivity contribution in [1.82, 2.24) is 29.2 Å². The highest BCUT2D eigenvalue weighted by atomic mass is 35.5. The maximum Gasteiger partial charge on any atom is 0.573 e. The Morgan fingerprint density at radius 3 is 1.50 bits per heavy atom. The zero-order valence-electron chi connectivity index (χ0n) is 30.4. The Bertz CT molecular complexity index is 2220. The Morgan fingerprint density at radius 2 is 1.03 bits per heavy atom. The molecule has 58 heavy (non-hydrogen) atoms. The van der Waals surface area contributed by atoms with E-state index in [4.69, 9.17) is 28.8 Å². The molecule has 8 rings (SSSR count). The van der Waals surface area contributed by atoms with Crippen LogP contribution in [0.5, 0.6) is 11.5 Å². The molecule has 0 spiro atoms. The summed E-state index contributed by atoms with van der Waals surface area (Å²) in [7, 11) is 0. The lowest BCUT2D eigenvalue weighted by Gasteiger charge is -2.27. The van der Waals surface area contributed by atoms with E-state index in [-0.39, 0.29) is 30.1 Å². The largest absolute Gasteiger partial charge is 0.573 e. The number of fused-ring (bicyclic) bond motifs is 2. The lowest BCUT2D eigenvalue weighted by Crippen LogP contribution is -2.33. The number of anilines is 1. The highest BCUT2D eigenvalue weighted by molar-refractivity contribution is 6.29. The van der Waals surface area contributed by atoms with E-state index in [1.54, 1.807) is 35.0 Å². The van der Waals surface area contributed by atoms with E-state index in [2.05, 4.69) is 35.0 Å². The van der Waals surface area contributed by atoms with Crippen molar-refractivity contribution in [2.24, 2.45) is 17.2 Å². The van der Waals surface area contributed by atoms with Crippen LogP contribution in [-0.2, 0) is 0 Å². The van der Waals surface area contributed by atoms with Gasteiger partial charge in [-0.05, 0) is 99.9 Å². The molecule has 0 unspecified atom stereocenters. The number of aromatic nitrogens is 6. The molecule has 2 aliphatic rings. The summed E-state index contributed by atoms with van der Waals surface area (Å²) in [6.07, 6.45) is 2.03. The lowest BCUT2D eigenvalue weighted by atomic mass is 9.92. The van der Waals surface area contributed by atoms with Gasteiger partial charge < -0.3 is 32.0 Å². The fraction of sp³-hybridized carbons (Fsp3) is 0.385. The molecule has 0 saturated heterocycles. The number of hydrogen-bond acceptors (Lipinski definition) is 10. The van der Waals surface area contributed by atoms with Crippen LogP contribution in [0.3, 0.4) is 0 Å². The van der Waals surface area contributed by atoms with Gasteiger partial charge in [0.1, 0.15) is 22.5 Å². The molecule has 2 fully saturated rings. The Hall–Kier alpha value is -5.17. The Kier molecular flexibility index (Phi) is 14.4. The van der Waals surface area contributed by atoms with Crippen LogP contribution in [0, 0.1) is 0 Å². The lowest BCUT2D eigenvalue weighted by molar-refractivity contribution is -0.275. The molecular weight excluding hydrogens is 790 g/mol. The monoisotopic (exact) mass is 834 g/mol. The molecule has 2 aliphatic carbocycles. The van der Waals surface area contributed by atoms with Crippen molar-refractivity contribution >= 4 is 28.7 Å². The Balaban J connectivity index is 0.000000188. The summed E-state index contributed by atoms with van der Waals surface area (Å²) < 4.78 is 85.2. The van der Waals surface area contributed by atoms with E-state index < -0.39 is 12.7 Å². The van der Waals surface area contributed by atoms with Crippen LogP contribution in [0.2, 0.25) is 5.15 Å². The van der Waals surface area contributed by atoms with Crippen LogP contribution in [0.15, 0.2) is 85.2 Å². The van der Waals surface area contributed by atoms with Gasteiger partial charge in [-0.1, -0.05) is 43.3 Å². The van der Waals surface area contributed by atoms with Crippen LogP contribution in [0.1, 0.15) is 58.8 Å². The maximum absolute atomic E-state index is 12.5. The zero-order valence-corrected chi connectivity index (χ0v) is 31.2. The molecule has 12 nitrogen and oxygen atoms in total. The molecule has 2 saturated carbocycles. The molecule has 0 aliphatic heterocycles. The standard InChI is InChI=1S/C19H20F3N5O.C13H7ClF3N3O.C6H14N2.CH4/c20-19(21,22)28-15-3-1-2-12(10-15)16-11-24-18-9-8-17(26-27(16)18)25-14-6-4-13(23)5-7-14;14-11-4-5-12-18-7-10(20(12)19-11)8-2-1-3-9(6-8)21-13(15,16)17;7-5-1-2-6(8)4-3-5;/h1-3,8-11,13-14H,4-7,23H2,(H,25,26);1-7H;5-6H,1-4,7-8H2;1H4. The number of nitrogens with zero attached hydrogens (tertiary/aromatic N) is 6. The van der Waals surface area contributed by atoms with Crippen molar-refractivity contribution < 1.29 is 35.8 Å². The summed E-state index contributed by atoms with van der Waals surface area (Å²) in [5.41, 5.74) is 20.5. The SMILES string of the molecule is C.FC(F)(F)Oc1cccc(-c2cnc3ccc(Cl)nn23)c1.NC1CCC(N)CC1.NC1CCC(Nc2ccc3ncc(-c4cccc(OC(F)(F)F)c4)n3n2)CC1. The van der Waals surface area contributed by atoms with Gasteiger partial charge in [0, 0.05) is 35.3 Å². The quantitative estimate of drug-likeness (QED) is 0.119. The Morgan fingerprint density at radius 1 is 0.603 bits per heavy atom. The molecule has 0 bridgehead atoms. The fourth-order valence-electron chi connectivity index (χ4n) is 6.52. The predicted octanol–water partition coefficient (Wildman–Crippen LogP) is 8.78. The molecule has 0 atom stereocenters. The average Bonchev–Trinajstić information content (AvgIpc) is 3.77. The van der Waals surface area contributed by atoms with Gasteiger partial charge >= 0.3 is 12.7 Å². The minimum Gasteiger partial charge on any atom is -0.406 e. The topological polar surface area (TPSA) is 169 Å². The number of halogens is 7. The van der Waals surface area contributed by atoms with Gasteiger partial charge in [0.2, 0.25) is 0 Å². The first-order valence-electron chi connectivity index (χ1n) is 18.2. The van der Waals surface area contributed by atoms with Gasteiger partial charge in [-0.2, -0.15) is 5.10 Å². The third-order valence-corrected chi connectivity index (χ3v) is 9.56. The first kappa shape index (κ1) is 43.9. The third kappa shape index (κ3) is 12.4. The molecule has 4 heterocycles.